The molecule has 0 aromatic heterocycles. The van der Waals surface area contributed by atoms with Gasteiger partial charge in [-0.3, -0.25) is 10.1 Å². The Bertz CT molecular complexity index is 626. The van der Waals surface area contributed by atoms with Gasteiger partial charge < -0.3 is 10.5 Å². The molecule has 9 heteroatoms. The van der Waals surface area contributed by atoms with Crippen LogP contribution in [0.4, 0.5) is 5.69 Å². The van der Waals surface area contributed by atoms with Crippen molar-refractivity contribution in [2.75, 3.05) is 6.61 Å². The van der Waals surface area contributed by atoms with Crippen molar-refractivity contribution < 1.29 is 18.1 Å². The Labute approximate surface area is 123 Å². The first-order valence-corrected chi connectivity index (χ1v) is 7.90. The lowest BCUT2D eigenvalue weighted by molar-refractivity contribution is -0.386. The fourth-order valence-electron chi connectivity index (χ4n) is 1.61. The molecule has 0 bridgehead atoms. The van der Waals surface area contributed by atoms with Gasteiger partial charge in [-0.15, -0.1) is 0 Å². The quantitative estimate of drug-likeness (QED) is 0.571. The summed E-state index contributed by atoms with van der Waals surface area (Å²) in [5.41, 5.74) is 5.01. The molecule has 0 heterocycles. The summed E-state index contributed by atoms with van der Waals surface area (Å²) in [5, 5.41) is 16.0. The SMILES string of the molecule is CCC(N)(CC)COc1ccc(S(N)(=O)=O)cc1[N+](=O)[O-]. The van der Waals surface area contributed by atoms with Gasteiger partial charge in [0, 0.05) is 11.6 Å². The van der Waals surface area contributed by atoms with E-state index in [4.69, 9.17) is 15.6 Å². The fraction of sp³-hybridized carbons (Fsp3) is 0.500. The molecule has 118 valence electrons. The van der Waals surface area contributed by atoms with E-state index in [1.165, 1.54) is 6.07 Å². The highest BCUT2D eigenvalue weighted by molar-refractivity contribution is 7.89. The molecule has 0 spiro atoms. The van der Waals surface area contributed by atoms with E-state index in [0.29, 0.717) is 12.8 Å². The summed E-state index contributed by atoms with van der Waals surface area (Å²) < 4.78 is 27.9. The lowest BCUT2D eigenvalue weighted by atomic mass is 9.96. The van der Waals surface area contributed by atoms with E-state index in [1.807, 2.05) is 13.8 Å². The normalized spacial score (nSPS) is 12.2. The van der Waals surface area contributed by atoms with Crippen molar-refractivity contribution in [1.29, 1.82) is 0 Å². The standard InChI is InChI=1S/C12H19N3O5S/c1-3-12(13,4-2)8-20-11-6-5-9(21(14,18)19)7-10(11)15(16)17/h5-7H,3-4,8,13H2,1-2H3,(H2,14,18,19). The van der Waals surface area contributed by atoms with Gasteiger partial charge in [0.1, 0.15) is 6.61 Å². The van der Waals surface area contributed by atoms with Crippen LogP contribution >= 0.6 is 0 Å². The van der Waals surface area contributed by atoms with Gasteiger partial charge in [-0.25, -0.2) is 13.6 Å². The largest absolute Gasteiger partial charge is 0.485 e. The van der Waals surface area contributed by atoms with E-state index in [1.54, 1.807) is 0 Å². The molecule has 4 N–H and O–H groups in total. The summed E-state index contributed by atoms with van der Waals surface area (Å²) in [6, 6.07) is 3.25. The number of nitrogens with zero attached hydrogens (tertiary/aromatic N) is 1. The van der Waals surface area contributed by atoms with Crippen LogP contribution in [0.1, 0.15) is 26.7 Å². The third-order valence-corrected chi connectivity index (χ3v) is 4.29. The lowest BCUT2D eigenvalue weighted by Crippen LogP contribution is -2.44. The molecular weight excluding hydrogens is 298 g/mol. The van der Waals surface area contributed by atoms with Crippen LogP contribution in [0.2, 0.25) is 0 Å². The first kappa shape index (κ1) is 17.3. The molecule has 0 radical (unpaired) electrons. The number of sulfonamides is 1. The summed E-state index contributed by atoms with van der Waals surface area (Å²) >= 11 is 0. The van der Waals surface area contributed by atoms with E-state index in [9.17, 15) is 18.5 Å². The van der Waals surface area contributed by atoms with E-state index in [0.717, 1.165) is 12.1 Å². The van der Waals surface area contributed by atoms with Crippen molar-refractivity contribution in [3.05, 3.63) is 28.3 Å². The highest BCUT2D eigenvalue weighted by atomic mass is 32.2. The first-order chi connectivity index (χ1) is 9.63. The molecule has 0 saturated carbocycles. The van der Waals surface area contributed by atoms with Crippen LogP contribution in [0.25, 0.3) is 0 Å². The smallest absolute Gasteiger partial charge is 0.312 e. The van der Waals surface area contributed by atoms with Gasteiger partial charge in [0.15, 0.2) is 5.75 Å². The fourth-order valence-corrected chi connectivity index (χ4v) is 2.15. The first-order valence-electron chi connectivity index (χ1n) is 6.36. The van der Waals surface area contributed by atoms with Gasteiger partial charge in [-0.1, -0.05) is 13.8 Å². The zero-order valence-electron chi connectivity index (χ0n) is 11.9. The average Bonchev–Trinajstić information content (AvgIpc) is 2.43. The minimum Gasteiger partial charge on any atom is -0.485 e. The molecule has 0 fully saturated rings. The molecule has 1 aromatic rings. The Morgan fingerprint density at radius 2 is 1.90 bits per heavy atom. The molecule has 0 aliphatic carbocycles. The van der Waals surface area contributed by atoms with Crippen LogP contribution in [-0.4, -0.2) is 25.5 Å². The van der Waals surface area contributed by atoms with Gasteiger partial charge in [-0.05, 0) is 25.0 Å². The number of rotatable bonds is 7. The van der Waals surface area contributed by atoms with Crippen LogP contribution in [0.15, 0.2) is 23.1 Å². The number of primary sulfonamides is 1. The average molecular weight is 317 g/mol. The Balaban J connectivity index is 3.11. The second kappa shape index (κ2) is 6.37. The molecular formula is C12H19N3O5S. The van der Waals surface area contributed by atoms with Crippen LogP contribution < -0.4 is 15.6 Å². The zero-order chi connectivity index (χ0) is 16.3. The Morgan fingerprint density at radius 3 is 2.33 bits per heavy atom. The minimum atomic E-state index is -4.01. The molecule has 8 nitrogen and oxygen atoms in total. The summed E-state index contributed by atoms with van der Waals surface area (Å²) in [4.78, 5) is 9.96. The molecule has 1 aromatic carbocycles. The summed E-state index contributed by atoms with van der Waals surface area (Å²) in [5.74, 6) is -0.0378. The number of hydrogen-bond acceptors (Lipinski definition) is 6. The number of hydrogen-bond donors (Lipinski definition) is 2. The topological polar surface area (TPSA) is 139 Å². The Kier molecular flexibility index (Phi) is 5.26. The summed E-state index contributed by atoms with van der Waals surface area (Å²) in [6.07, 6.45) is 1.29. The minimum absolute atomic E-state index is 0.0378. The van der Waals surface area contributed by atoms with E-state index >= 15 is 0 Å². The second-order valence-electron chi connectivity index (χ2n) is 4.79. The van der Waals surface area contributed by atoms with Crippen molar-refractivity contribution >= 4 is 15.7 Å². The van der Waals surface area contributed by atoms with E-state index in [-0.39, 0.29) is 17.3 Å². The number of ether oxygens (including phenoxy) is 1. The van der Waals surface area contributed by atoms with Gasteiger partial charge >= 0.3 is 5.69 Å². The van der Waals surface area contributed by atoms with Gasteiger partial charge in [0.25, 0.3) is 0 Å². The summed E-state index contributed by atoms with van der Waals surface area (Å²) in [6.45, 7) is 3.88. The molecule has 0 atom stereocenters. The van der Waals surface area contributed by atoms with Gasteiger partial charge in [0.05, 0.1) is 9.82 Å². The van der Waals surface area contributed by atoms with E-state index in [2.05, 4.69) is 0 Å². The highest BCUT2D eigenvalue weighted by Gasteiger charge is 2.25. The molecule has 0 saturated heterocycles. The number of nitrogens with two attached hydrogens (primary N) is 2. The van der Waals surface area contributed by atoms with Crippen LogP contribution in [-0.2, 0) is 10.0 Å². The van der Waals surface area contributed by atoms with Gasteiger partial charge in [-0.2, -0.15) is 0 Å². The van der Waals surface area contributed by atoms with Crippen LogP contribution in [0.3, 0.4) is 0 Å². The maximum Gasteiger partial charge on any atom is 0.312 e. The van der Waals surface area contributed by atoms with Gasteiger partial charge in [0.2, 0.25) is 10.0 Å². The monoisotopic (exact) mass is 317 g/mol. The van der Waals surface area contributed by atoms with Crippen LogP contribution in [0.5, 0.6) is 5.75 Å². The third kappa shape index (κ3) is 4.38. The second-order valence-corrected chi connectivity index (χ2v) is 6.35. The molecule has 0 aliphatic rings. The van der Waals surface area contributed by atoms with Crippen molar-refractivity contribution in [3.8, 4) is 5.75 Å². The van der Waals surface area contributed by atoms with Crippen molar-refractivity contribution in [2.24, 2.45) is 10.9 Å². The number of nitro benzene ring substituents is 1. The Morgan fingerprint density at radius 1 is 1.33 bits per heavy atom. The number of benzene rings is 1. The zero-order valence-corrected chi connectivity index (χ0v) is 12.7. The van der Waals surface area contributed by atoms with Crippen molar-refractivity contribution in [3.63, 3.8) is 0 Å². The molecule has 0 unspecified atom stereocenters. The summed E-state index contributed by atoms with van der Waals surface area (Å²) in [7, 11) is -4.01. The maximum atomic E-state index is 11.2. The molecule has 0 aliphatic heterocycles. The predicted octanol–water partition coefficient (Wildman–Crippen LogP) is 1.14. The predicted molar refractivity (Wildman–Crippen MR) is 77.5 cm³/mol. The molecule has 1 rings (SSSR count). The Hall–Kier alpha value is -1.71. The van der Waals surface area contributed by atoms with Crippen molar-refractivity contribution in [2.45, 2.75) is 37.1 Å². The van der Waals surface area contributed by atoms with Crippen molar-refractivity contribution in [1.82, 2.24) is 0 Å². The maximum absolute atomic E-state index is 11.2. The van der Waals surface area contributed by atoms with Crippen LogP contribution in [0, 0.1) is 10.1 Å². The highest BCUT2D eigenvalue weighted by Crippen LogP contribution is 2.30. The third-order valence-electron chi connectivity index (χ3n) is 3.38. The number of nitro groups is 1. The lowest BCUT2D eigenvalue weighted by Gasteiger charge is -2.26. The molecule has 21 heavy (non-hydrogen) atoms. The van der Waals surface area contributed by atoms with E-state index < -0.39 is 26.2 Å². The molecule has 0 amide bonds.